The summed E-state index contributed by atoms with van der Waals surface area (Å²) in [4.78, 5) is 0. The molecule has 7 heteroatoms. The van der Waals surface area contributed by atoms with Crippen molar-refractivity contribution >= 4 is 5.90 Å². The number of ether oxygens (including phenoxy) is 3. The van der Waals surface area contributed by atoms with Crippen LogP contribution in [0.15, 0.2) is 54.6 Å². The van der Waals surface area contributed by atoms with Crippen LogP contribution in [-0.4, -0.2) is 18.8 Å². The number of fused-ring (bicyclic) bond motifs is 3. The van der Waals surface area contributed by atoms with Crippen LogP contribution in [0, 0.1) is 50.2 Å². The summed E-state index contributed by atoms with van der Waals surface area (Å²) < 4.78 is 17.3. The summed E-state index contributed by atoms with van der Waals surface area (Å²) in [7, 11) is 1.54. The summed E-state index contributed by atoms with van der Waals surface area (Å²) in [6.07, 6.45) is -1.04. The van der Waals surface area contributed by atoms with Gasteiger partial charge in [-0.25, -0.2) is 0 Å². The van der Waals surface area contributed by atoms with E-state index >= 15 is 0 Å². The van der Waals surface area contributed by atoms with E-state index in [9.17, 15) is 15.8 Å². The first-order chi connectivity index (χ1) is 14.4. The van der Waals surface area contributed by atoms with Crippen LogP contribution in [0.4, 0.5) is 0 Å². The summed E-state index contributed by atoms with van der Waals surface area (Å²) >= 11 is 0. The molecule has 4 atom stereocenters. The molecular weight excluding hydrogens is 380 g/mol. The monoisotopic (exact) mass is 398 g/mol. The van der Waals surface area contributed by atoms with Crippen LogP contribution in [0.3, 0.4) is 0 Å². The fourth-order valence-corrected chi connectivity index (χ4v) is 4.71. The molecule has 0 unspecified atom stereocenters. The third kappa shape index (κ3) is 2.23. The summed E-state index contributed by atoms with van der Waals surface area (Å²) in [5.41, 5.74) is -2.68. The number of rotatable bonds is 3. The van der Waals surface area contributed by atoms with Gasteiger partial charge in [0, 0.05) is 6.92 Å². The number of nitrogens with one attached hydrogen (secondary N) is 1. The Hall–Kier alpha value is -3.86. The lowest BCUT2D eigenvalue weighted by atomic mass is 9.49. The zero-order valence-electron chi connectivity index (χ0n) is 16.4. The topological polar surface area (TPSA) is 123 Å². The molecule has 1 N–H and O–H groups in total. The first kappa shape index (κ1) is 19.5. The number of nitriles is 3. The Balaban J connectivity index is 2.00. The first-order valence-corrected chi connectivity index (χ1v) is 9.31. The van der Waals surface area contributed by atoms with Crippen molar-refractivity contribution in [2.45, 2.75) is 24.7 Å². The lowest BCUT2D eigenvalue weighted by Gasteiger charge is -2.61. The third-order valence-corrected chi connectivity index (χ3v) is 6.07. The maximum absolute atomic E-state index is 10.3. The Morgan fingerprint density at radius 3 is 2.10 bits per heavy atom. The second-order valence-electron chi connectivity index (χ2n) is 7.51. The Morgan fingerprint density at radius 2 is 1.57 bits per heavy atom. The smallest absolute Gasteiger partial charge is 0.219 e. The largest absolute Gasteiger partial charge is 0.497 e. The van der Waals surface area contributed by atoms with E-state index in [0.717, 1.165) is 0 Å². The average Bonchev–Trinajstić information content (AvgIpc) is 2.78. The van der Waals surface area contributed by atoms with E-state index in [4.69, 9.17) is 19.6 Å². The molecule has 2 bridgehead atoms. The van der Waals surface area contributed by atoms with Crippen molar-refractivity contribution in [1.82, 2.24) is 0 Å². The molecule has 0 aliphatic carbocycles. The molecule has 3 aliphatic rings. The van der Waals surface area contributed by atoms with Gasteiger partial charge in [-0.15, -0.1) is 0 Å². The van der Waals surface area contributed by atoms with E-state index in [0.29, 0.717) is 16.9 Å². The quantitative estimate of drug-likeness (QED) is 0.838. The maximum atomic E-state index is 10.3. The standard InChI is InChI=1S/C23H18N4O3/c1-21-18(15-6-4-3-5-7-15)22(12-24,13-25)23(14-26,20(27)30-21)19(29-21)16-8-10-17(28-2)11-9-16/h3-11,18-19,27H,1-2H3/t18-,19+,21+,23-/m0/s1. The SMILES string of the molecule is COc1ccc([C@H]2O[C@]3(C)OC(=N)[C@@]2(C#N)C(C#N)(C#N)[C@H]3c2ccccc2)cc1. The minimum Gasteiger partial charge on any atom is -0.497 e. The van der Waals surface area contributed by atoms with Crippen molar-refractivity contribution in [3.63, 3.8) is 0 Å². The lowest BCUT2D eigenvalue weighted by Crippen LogP contribution is -2.70. The zero-order chi connectivity index (χ0) is 21.6. The zero-order valence-corrected chi connectivity index (χ0v) is 16.4. The highest BCUT2D eigenvalue weighted by Gasteiger charge is 2.79. The minimum absolute atomic E-state index is 0.435. The number of hydrogen-bond donors (Lipinski definition) is 1. The maximum Gasteiger partial charge on any atom is 0.219 e. The summed E-state index contributed by atoms with van der Waals surface area (Å²) in [6, 6.07) is 22.0. The highest BCUT2D eigenvalue weighted by molar-refractivity contribution is 5.89. The number of hydrogen-bond acceptors (Lipinski definition) is 7. The van der Waals surface area contributed by atoms with E-state index in [1.807, 2.05) is 6.07 Å². The van der Waals surface area contributed by atoms with Crippen molar-refractivity contribution in [3.05, 3.63) is 65.7 Å². The van der Waals surface area contributed by atoms with Crippen molar-refractivity contribution in [2.75, 3.05) is 7.11 Å². The van der Waals surface area contributed by atoms with E-state index in [-0.39, 0.29) is 0 Å². The van der Waals surface area contributed by atoms with E-state index < -0.39 is 34.5 Å². The lowest BCUT2D eigenvalue weighted by molar-refractivity contribution is -0.323. The molecular formula is C23H18N4O3. The van der Waals surface area contributed by atoms with Gasteiger partial charge in [0.25, 0.3) is 0 Å². The van der Waals surface area contributed by atoms with Gasteiger partial charge in [0.15, 0.2) is 10.8 Å². The summed E-state index contributed by atoms with van der Waals surface area (Å²) in [6.45, 7) is 1.61. The molecule has 3 saturated heterocycles. The molecule has 0 spiro atoms. The minimum atomic E-state index is -1.96. The fraction of sp³-hybridized carbons (Fsp3) is 0.304. The van der Waals surface area contributed by atoms with Gasteiger partial charge in [0.2, 0.25) is 11.7 Å². The average molecular weight is 398 g/mol. The highest BCUT2D eigenvalue weighted by atomic mass is 16.7. The van der Waals surface area contributed by atoms with Gasteiger partial charge in [0.1, 0.15) is 11.9 Å². The highest BCUT2D eigenvalue weighted by Crippen LogP contribution is 2.69. The van der Waals surface area contributed by atoms with E-state index in [2.05, 4.69) is 18.2 Å². The molecule has 0 amide bonds. The molecule has 3 heterocycles. The Bertz CT molecular complexity index is 1110. The van der Waals surface area contributed by atoms with Gasteiger partial charge in [0.05, 0.1) is 31.2 Å². The summed E-state index contributed by atoms with van der Waals surface area (Å²) in [5, 5.41) is 39.5. The van der Waals surface area contributed by atoms with Crippen molar-refractivity contribution < 1.29 is 14.2 Å². The molecule has 30 heavy (non-hydrogen) atoms. The number of methoxy groups -OCH3 is 1. The Kier molecular flexibility index (Phi) is 4.28. The predicted molar refractivity (Wildman–Crippen MR) is 105 cm³/mol. The first-order valence-electron chi connectivity index (χ1n) is 9.31. The van der Waals surface area contributed by atoms with Gasteiger partial charge < -0.3 is 14.2 Å². The van der Waals surface area contributed by atoms with Crippen LogP contribution in [0.25, 0.3) is 0 Å². The Labute approximate surface area is 174 Å². The molecule has 7 nitrogen and oxygen atoms in total. The normalized spacial score (nSPS) is 31.0. The second kappa shape index (κ2) is 6.59. The molecule has 3 fully saturated rings. The van der Waals surface area contributed by atoms with Crippen LogP contribution < -0.4 is 4.74 Å². The van der Waals surface area contributed by atoms with E-state index in [1.54, 1.807) is 55.5 Å². The van der Waals surface area contributed by atoms with Gasteiger partial charge >= 0.3 is 0 Å². The third-order valence-electron chi connectivity index (χ3n) is 6.07. The van der Waals surface area contributed by atoms with Gasteiger partial charge in [-0.2, -0.15) is 15.8 Å². The van der Waals surface area contributed by atoms with Crippen LogP contribution in [0.2, 0.25) is 0 Å². The molecule has 3 aliphatic heterocycles. The number of nitrogens with zero attached hydrogens (tertiary/aromatic N) is 3. The van der Waals surface area contributed by atoms with Crippen LogP contribution in [0.1, 0.15) is 30.1 Å². The molecule has 5 rings (SSSR count). The summed E-state index contributed by atoms with van der Waals surface area (Å²) in [5.74, 6) is -2.22. The predicted octanol–water partition coefficient (Wildman–Crippen LogP) is 3.82. The molecule has 2 aromatic carbocycles. The van der Waals surface area contributed by atoms with E-state index in [1.165, 1.54) is 7.11 Å². The van der Waals surface area contributed by atoms with Crippen molar-refractivity contribution in [2.24, 2.45) is 10.8 Å². The molecule has 0 radical (unpaired) electrons. The number of benzene rings is 2. The van der Waals surface area contributed by atoms with Gasteiger partial charge in [-0.3, -0.25) is 5.41 Å². The van der Waals surface area contributed by atoms with Gasteiger partial charge in [-0.05, 0) is 23.3 Å². The molecule has 2 aromatic rings. The second-order valence-corrected chi connectivity index (χ2v) is 7.51. The van der Waals surface area contributed by atoms with Crippen LogP contribution in [0.5, 0.6) is 5.75 Å². The fourth-order valence-electron chi connectivity index (χ4n) is 4.71. The molecule has 0 saturated carbocycles. The van der Waals surface area contributed by atoms with Crippen LogP contribution >= 0.6 is 0 Å². The molecule has 0 aromatic heterocycles. The Morgan fingerprint density at radius 1 is 0.933 bits per heavy atom. The van der Waals surface area contributed by atoms with Gasteiger partial charge in [-0.1, -0.05) is 42.5 Å². The van der Waals surface area contributed by atoms with Crippen molar-refractivity contribution in [1.29, 1.82) is 21.2 Å². The van der Waals surface area contributed by atoms with Crippen LogP contribution in [-0.2, 0) is 9.47 Å². The molecule has 148 valence electrons. The van der Waals surface area contributed by atoms with Crippen molar-refractivity contribution in [3.8, 4) is 24.0 Å².